The number of ether oxygens (including phenoxy) is 1. The summed E-state index contributed by atoms with van der Waals surface area (Å²) >= 11 is 6.26. The SMILES string of the molecule is C=C[C@]1(C)CC[C@H](C(=O)N[C@@H](Cc2ccc(OCc3c(C)cccc3Cl)cc2)C(=O)O)C1(C)C. The number of aryl methyl sites for hydroxylation is 1. The molecule has 1 amide bonds. The second kappa shape index (κ2) is 10.2. The van der Waals surface area contributed by atoms with Gasteiger partial charge in [0.2, 0.25) is 5.91 Å². The highest BCUT2D eigenvalue weighted by atomic mass is 35.5. The quantitative estimate of drug-likeness (QED) is 0.431. The second-order valence-electron chi connectivity index (χ2n) is 10.0. The number of hydrogen-bond acceptors (Lipinski definition) is 3. The van der Waals surface area contributed by atoms with Crippen LogP contribution in [-0.2, 0) is 22.6 Å². The van der Waals surface area contributed by atoms with Gasteiger partial charge in [0, 0.05) is 22.9 Å². The average Bonchev–Trinajstić information content (AvgIpc) is 3.03. The number of allylic oxidation sites excluding steroid dienone is 1. The van der Waals surface area contributed by atoms with Gasteiger partial charge in [0.1, 0.15) is 18.4 Å². The highest BCUT2D eigenvalue weighted by Gasteiger charge is 2.52. The van der Waals surface area contributed by atoms with Crippen molar-refractivity contribution in [3.05, 3.63) is 76.8 Å². The minimum absolute atomic E-state index is 0.161. The van der Waals surface area contributed by atoms with E-state index in [0.717, 1.165) is 23.1 Å². The largest absolute Gasteiger partial charge is 0.489 e. The molecule has 6 heteroatoms. The first-order chi connectivity index (χ1) is 16.0. The maximum absolute atomic E-state index is 13.1. The van der Waals surface area contributed by atoms with Crippen molar-refractivity contribution in [3.8, 4) is 5.75 Å². The number of carboxylic acids is 1. The van der Waals surface area contributed by atoms with Gasteiger partial charge >= 0.3 is 5.97 Å². The van der Waals surface area contributed by atoms with Gasteiger partial charge in [-0.15, -0.1) is 6.58 Å². The number of carbonyl (C=O) groups excluding carboxylic acids is 1. The Morgan fingerprint density at radius 3 is 2.47 bits per heavy atom. The second-order valence-corrected chi connectivity index (χ2v) is 10.4. The first kappa shape index (κ1) is 25.8. The first-order valence-electron chi connectivity index (χ1n) is 11.6. The number of amides is 1. The fourth-order valence-corrected chi connectivity index (χ4v) is 5.06. The van der Waals surface area contributed by atoms with Crippen LogP contribution in [0.3, 0.4) is 0 Å². The van der Waals surface area contributed by atoms with Crippen LogP contribution in [0.1, 0.15) is 50.3 Å². The van der Waals surface area contributed by atoms with Crippen molar-refractivity contribution in [1.82, 2.24) is 5.32 Å². The number of benzene rings is 2. The average molecular weight is 484 g/mol. The van der Waals surface area contributed by atoms with E-state index in [-0.39, 0.29) is 29.1 Å². The molecule has 0 saturated heterocycles. The Morgan fingerprint density at radius 2 is 1.91 bits per heavy atom. The van der Waals surface area contributed by atoms with E-state index in [0.29, 0.717) is 23.8 Å². The summed E-state index contributed by atoms with van der Waals surface area (Å²) < 4.78 is 5.87. The molecule has 1 saturated carbocycles. The molecule has 0 aromatic heterocycles. The van der Waals surface area contributed by atoms with Crippen molar-refractivity contribution in [2.75, 3.05) is 0 Å². The fourth-order valence-electron chi connectivity index (χ4n) is 4.78. The zero-order valence-corrected chi connectivity index (χ0v) is 21.1. The highest BCUT2D eigenvalue weighted by molar-refractivity contribution is 6.31. The molecule has 1 aliphatic carbocycles. The van der Waals surface area contributed by atoms with Gasteiger partial charge < -0.3 is 15.2 Å². The van der Waals surface area contributed by atoms with Gasteiger partial charge in [-0.1, -0.05) is 62.7 Å². The Kier molecular flexibility index (Phi) is 7.77. The molecule has 1 aliphatic rings. The number of halogens is 1. The Morgan fingerprint density at radius 1 is 1.24 bits per heavy atom. The lowest BCUT2D eigenvalue weighted by molar-refractivity contribution is -0.143. The van der Waals surface area contributed by atoms with Gasteiger partial charge in [-0.2, -0.15) is 0 Å². The maximum Gasteiger partial charge on any atom is 0.326 e. The van der Waals surface area contributed by atoms with E-state index >= 15 is 0 Å². The lowest BCUT2D eigenvalue weighted by Crippen LogP contribution is -2.48. The summed E-state index contributed by atoms with van der Waals surface area (Å²) in [7, 11) is 0. The van der Waals surface area contributed by atoms with Crippen molar-refractivity contribution < 1.29 is 19.4 Å². The van der Waals surface area contributed by atoms with E-state index < -0.39 is 12.0 Å². The van der Waals surface area contributed by atoms with Crippen molar-refractivity contribution >= 4 is 23.5 Å². The number of carboxylic acid groups (broad SMARTS) is 1. The topological polar surface area (TPSA) is 75.6 Å². The normalized spacial score (nSPS) is 22.1. The summed E-state index contributed by atoms with van der Waals surface area (Å²) in [6, 6.07) is 12.0. The molecule has 5 nitrogen and oxygen atoms in total. The van der Waals surface area contributed by atoms with Crippen LogP contribution in [-0.4, -0.2) is 23.0 Å². The Bertz CT molecular complexity index is 1040. The summed E-state index contributed by atoms with van der Waals surface area (Å²) in [6.45, 7) is 12.5. The molecular weight excluding hydrogens is 450 g/mol. The monoisotopic (exact) mass is 483 g/mol. The van der Waals surface area contributed by atoms with Crippen LogP contribution in [0.25, 0.3) is 0 Å². The van der Waals surface area contributed by atoms with Gasteiger partial charge in [-0.3, -0.25) is 4.79 Å². The zero-order chi connectivity index (χ0) is 25.1. The number of hydrogen-bond donors (Lipinski definition) is 2. The summed E-state index contributed by atoms with van der Waals surface area (Å²) in [5.41, 5.74) is 2.33. The summed E-state index contributed by atoms with van der Waals surface area (Å²) in [5.74, 6) is -0.861. The third-order valence-electron chi connectivity index (χ3n) is 7.78. The van der Waals surface area contributed by atoms with Crippen LogP contribution in [0.4, 0.5) is 0 Å². The van der Waals surface area contributed by atoms with E-state index in [9.17, 15) is 14.7 Å². The van der Waals surface area contributed by atoms with Crippen molar-refractivity contribution in [1.29, 1.82) is 0 Å². The molecule has 1 fully saturated rings. The lowest BCUT2D eigenvalue weighted by atomic mass is 9.65. The third kappa shape index (κ3) is 5.30. The predicted molar refractivity (Wildman–Crippen MR) is 135 cm³/mol. The van der Waals surface area contributed by atoms with Crippen molar-refractivity contribution in [3.63, 3.8) is 0 Å². The Balaban J connectivity index is 1.63. The van der Waals surface area contributed by atoms with Crippen LogP contribution >= 0.6 is 11.6 Å². The van der Waals surface area contributed by atoms with E-state index in [2.05, 4.69) is 32.7 Å². The van der Waals surface area contributed by atoms with Crippen molar-refractivity contribution in [2.24, 2.45) is 16.7 Å². The maximum atomic E-state index is 13.1. The minimum atomic E-state index is -1.05. The van der Waals surface area contributed by atoms with E-state index in [1.807, 2.05) is 43.3 Å². The van der Waals surface area contributed by atoms with E-state index in [1.54, 1.807) is 12.1 Å². The third-order valence-corrected chi connectivity index (χ3v) is 8.13. The number of rotatable bonds is 9. The van der Waals surface area contributed by atoms with Gasteiger partial charge in [0.25, 0.3) is 0 Å². The molecule has 34 heavy (non-hydrogen) atoms. The summed E-state index contributed by atoms with van der Waals surface area (Å²) in [4.78, 5) is 25.0. The first-order valence-corrected chi connectivity index (χ1v) is 12.0. The van der Waals surface area contributed by atoms with Gasteiger partial charge in [-0.05, 0) is 59.9 Å². The molecule has 182 valence electrons. The van der Waals surface area contributed by atoms with E-state index in [1.165, 1.54) is 0 Å². The molecule has 0 heterocycles. The molecule has 0 spiro atoms. The van der Waals surface area contributed by atoms with Crippen LogP contribution in [0.15, 0.2) is 55.1 Å². The molecule has 0 aliphatic heterocycles. The Labute approximate surface area is 207 Å². The number of aliphatic carboxylic acids is 1. The van der Waals surface area contributed by atoms with Gasteiger partial charge in [0.15, 0.2) is 0 Å². The summed E-state index contributed by atoms with van der Waals surface area (Å²) in [6.07, 6.45) is 3.68. The molecule has 2 aromatic rings. The van der Waals surface area contributed by atoms with E-state index in [4.69, 9.17) is 16.3 Å². The molecule has 0 radical (unpaired) electrons. The number of nitrogens with one attached hydrogen (secondary N) is 1. The van der Waals surface area contributed by atoms with Crippen LogP contribution < -0.4 is 10.1 Å². The predicted octanol–water partition coefficient (Wildman–Crippen LogP) is 5.97. The molecule has 3 rings (SSSR count). The smallest absolute Gasteiger partial charge is 0.326 e. The van der Waals surface area contributed by atoms with Crippen LogP contribution in [0.5, 0.6) is 5.75 Å². The molecule has 0 unspecified atom stereocenters. The van der Waals surface area contributed by atoms with Crippen LogP contribution in [0, 0.1) is 23.7 Å². The highest BCUT2D eigenvalue weighted by Crippen LogP contribution is 2.56. The fraction of sp³-hybridized carbons (Fsp3) is 0.429. The van der Waals surface area contributed by atoms with Gasteiger partial charge in [0.05, 0.1) is 0 Å². The molecule has 2 aromatic carbocycles. The van der Waals surface area contributed by atoms with Crippen LogP contribution in [0.2, 0.25) is 5.02 Å². The lowest BCUT2D eigenvalue weighted by Gasteiger charge is -2.39. The minimum Gasteiger partial charge on any atom is -0.489 e. The molecule has 2 N–H and O–H groups in total. The molecule has 0 bridgehead atoms. The zero-order valence-electron chi connectivity index (χ0n) is 20.4. The molecule has 3 atom stereocenters. The van der Waals surface area contributed by atoms with Gasteiger partial charge in [-0.25, -0.2) is 4.79 Å². The van der Waals surface area contributed by atoms with Crippen molar-refractivity contribution in [2.45, 2.75) is 59.6 Å². The molecular formula is C28H34ClNO4. The summed E-state index contributed by atoms with van der Waals surface area (Å²) in [5, 5.41) is 13.2. The number of carbonyl (C=O) groups is 2. The Hall–Kier alpha value is -2.79. The standard InChI is InChI=1S/C28H34ClNO4/c1-6-28(5)15-14-22(27(28,3)4)25(31)30-24(26(32)33)16-19-10-12-20(13-11-19)34-17-21-18(2)8-7-9-23(21)29/h6-13,22,24H,1,14-17H2,2-5H3,(H,30,31)(H,32,33)/t22-,24+,28-/m1/s1.